The SMILES string of the molecule is CCC(CC(C)C)SC. The van der Waals surface area contributed by atoms with E-state index in [2.05, 4.69) is 27.0 Å². The van der Waals surface area contributed by atoms with Crippen LogP contribution in [0.15, 0.2) is 0 Å². The van der Waals surface area contributed by atoms with Gasteiger partial charge in [-0.1, -0.05) is 20.8 Å². The molecule has 0 saturated carbocycles. The molecule has 0 bridgehead atoms. The molecule has 0 aromatic rings. The molecule has 0 rings (SSSR count). The van der Waals surface area contributed by atoms with E-state index >= 15 is 0 Å². The molecule has 0 aliphatic carbocycles. The molecule has 0 saturated heterocycles. The van der Waals surface area contributed by atoms with E-state index in [1.54, 1.807) is 0 Å². The highest BCUT2D eigenvalue weighted by atomic mass is 32.2. The van der Waals surface area contributed by atoms with Crippen LogP contribution < -0.4 is 0 Å². The molecule has 0 heterocycles. The number of thioether (sulfide) groups is 1. The van der Waals surface area contributed by atoms with E-state index in [9.17, 15) is 0 Å². The Labute approximate surface area is 63.4 Å². The predicted molar refractivity (Wildman–Crippen MR) is 47.0 cm³/mol. The zero-order chi connectivity index (χ0) is 7.28. The van der Waals surface area contributed by atoms with Crippen molar-refractivity contribution in [3.05, 3.63) is 0 Å². The second-order valence-electron chi connectivity index (χ2n) is 2.90. The number of rotatable bonds is 4. The fourth-order valence-electron chi connectivity index (χ4n) is 0.955. The van der Waals surface area contributed by atoms with Crippen molar-refractivity contribution in [1.29, 1.82) is 0 Å². The van der Waals surface area contributed by atoms with Gasteiger partial charge in [-0.15, -0.1) is 0 Å². The Bertz CT molecular complexity index is 55.6. The van der Waals surface area contributed by atoms with Crippen molar-refractivity contribution in [3.63, 3.8) is 0 Å². The van der Waals surface area contributed by atoms with Crippen LogP contribution in [0.5, 0.6) is 0 Å². The van der Waals surface area contributed by atoms with Gasteiger partial charge in [0.1, 0.15) is 0 Å². The maximum atomic E-state index is 2.29. The van der Waals surface area contributed by atoms with Crippen molar-refractivity contribution < 1.29 is 0 Å². The molecule has 0 fully saturated rings. The maximum absolute atomic E-state index is 2.29. The van der Waals surface area contributed by atoms with Gasteiger partial charge in [-0.2, -0.15) is 11.8 Å². The van der Waals surface area contributed by atoms with E-state index in [0.29, 0.717) is 0 Å². The lowest BCUT2D eigenvalue weighted by molar-refractivity contribution is 0.561. The standard InChI is InChI=1S/C8H18S/c1-5-8(9-4)6-7(2)3/h7-8H,5-6H2,1-4H3. The van der Waals surface area contributed by atoms with Crippen LogP contribution in [0.2, 0.25) is 0 Å². The van der Waals surface area contributed by atoms with Gasteiger partial charge in [0.05, 0.1) is 0 Å². The monoisotopic (exact) mass is 146 g/mol. The summed E-state index contributed by atoms with van der Waals surface area (Å²) in [5, 5.41) is 0.894. The fraction of sp³-hybridized carbons (Fsp3) is 1.00. The van der Waals surface area contributed by atoms with Crippen LogP contribution in [0.25, 0.3) is 0 Å². The molecule has 0 aliphatic heterocycles. The molecule has 0 amide bonds. The van der Waals surface area contributed by atoms with Crippen LogP contribution in [0, 0.1) is 5.92 Å². The maximum Gasteiger partial charge on any atom is 0.00440 e. The molecule has 0 radical (unpaired) electrons. The molecule has 1 unspecified atom stereocenters. The van der Waals surface area contributed by atoms with Crippen molar-refractivity contribution in [2.75, 3.05) is 6.26 Å². The van der Waals surface area contributed by atoms with Gasteiger partial charge in [0, 0.05) is 5.25 Å². The van der Waals surface area contributed by atoms with E-state index in [1.807, 2.05) is 11.8 Å². The summed E-state index contributed by atoms with van der Waals surface area (Å²) >= 11 is 2.00. The van der Waals surface area contributed by atoms with Crippen molar-refractivity contribution in [2.24, 2.45) is 5.92 Å². The van der Waals surface area contributed by atoms with Crippen LogP contribution in [-0.2, 0) is 0 Å². The van der Waals surface area contributed by atoms with Crippen LogP contribution in [0.3, 0.4) is 0 Å². The van der Waals surface area contributed by atoms with Gasteiger partial charge in [0.2, 0.25) is 0 Å². The minimum Gasteiger partial charge on any atom is -0.162 e. The Hall–Kier alpha value is 0.350. The lowest BCUT2D eigenvalue weighted by Crippen LogP contribution is -2.03. The van der Waals surface area contributed by atoms with Gasteiger partial charge < -0.3 is 0 Å². The van der Waals surface area contributed by atoms with Crippen molar-refractivity contribution in [2.45, 2.75) is 38.9 Å². The average Bonchev–Trinajstić information content (AvgIpc) is 1.82. The van der Waals surface area contributed by atoms with E-state index in [4.69, 9.17) is 0 Å². The zero-order valence-electron chi connectivity index (χ0n) is 6.98. The summed E-state index contributed by atoms with van der Waals surface area (Å²) in [4.78, 5) is 0. The second-order valence-corrected chi connectivity index (χ2v) is 4.03. The number of hydrogen-bond acceptors (Lipinski definition) is 1. The zero-order valence-corrected chi connectivity index (χ0v) is 7.79. The lowest BCUT2D eigenvalue weighted by Gasteiger charge is -2.13. The number of hydrogen-bond donors (Lipinski definition) is 0. The van der Waals surface area contributed by atoms with Crippen LogP contribution in [0.1, 0.15) is 33.6 Å². The Morgan fingerprint density at radius 3 is 2.00 bits per heavy atom. The molecule has 0 aromatic heterocycles. The van der Waals surface area contributed by atoms with Crippen LogP contribution in [-0.4, -0.2) is 11.5 Å². The first-order valence-electron chi connectivity index (χ1n) is 3.73. The molecule has 0 spiro atoms. The van der Waals surface area contributed by atoms with Gasteiger partial charge in [-0.3, -0.25) is 0 Å². The summed E-state index contributed by atoms with van der Waals surface area (Å²) in [6.45, 7) is 6.85. The molecule has 9 heavy (non-hydrogen) atoms. The summed E-state index contributed by atoms with van der Waals surface area (Å²) in [6, 6.07) is 0. The third-order valence-corrected chi connectivity index (χ3v) is 2.72. The van der Waals surface area contributed by atoms with Gasteiger partial charge in [0.25, 0.3) is 0 Å². The molecular formula is C8H18S. The Morgan fingerprint density at radius 1 is 1.33 bits per heavy atom. The van der Waals surface area contributed by atoms with Crippen molar-refractivity contribution in [3.8, 4) is 0 Å². The lowest BCUT2D eigenvalue weighted by atomic mass is 10.1. The molecule has 0 aliphatic rings. The highest BCUT2D eigenvalue weighted by Crippen LogP contribution is 2.18. The van der Waals surface area contributed by atoms with Crippen LogP contribution >= 0.6 is 11.8 Å². The summed E-state index contributed by atoms with van der Waals surface area (Å²) in [5.41, 5.74) is 0. The highest BCUT2D eigenvalue weighted by molar-refractivity contribution is 7.99. The third-order valence-electron chi connectivity index (χ3n) is 1.52. The summed E-state index contributed by atoms with van der Waals surface area (Å²) in [6.07, 6.45) is 4.90. The molecular weight excluding hydrogens is 128 g/mol. The molecule has 0 nitrogen and oxygen atoms in total. The first-order chi connectivity index (χ1) is 4.20. The van der Waals surface area contributed by atoms with Crippen LogP contribution in [0.4, 0.5) is 0 Å². The Kier molecular flexibility index (Phi) is 5.36. The largest absolute Gasteiger partial charge is 0.162 e. The quantitative estimate of drug-likeness (QED) is 0.587. The summed E-state index contributed by atoms with van der Waals surface area (Å²) in [7, 11) is 0. The first-order valence-corrected chi connectivity index (χ1v) is 5.02. The normalized spacial score (nSPS) is 14.3. The molecule has 56 valence electrons. The van der Waals surface area contributed by atoms with E-state index in [1.165, 1.54) is 12.8 Å². The topological polar surface area (TPSA) is 0 Å². The predicted octanol–water partition coefficient (Wildman–Crippen LogP) is 3.17. The van der Waals surface area contributed by atoms with E-state index in [0.717, 1.165) is 11.2 Å². The highest BCUT2D eigenvalue weighted by Gasteiger charge is 2.05. The fourth-order valence-corrected chi connectivity index (χ4v) is 1.87. The molecule has 1 atom stereocenters. The van der Waals surface area contributed by atoms with Crippen molar-refractivity contribution >= 4 is 11.8 Å². The first kappa shape index (κ1) is 9.35. The average molecular weight is 146 g/mol. The van der Waals surface area contributed by atoms with E-state index < -0.39 is 0 Å². The van der Waals surface area contributed by atoms with E-state index in [-0.39, 0.29) is 0 Å². The minimum absolute atomic E-state index is 0.863. The molecule has 0 N–H and O–H groups in total. The smallest absolute Gasteiger partial charge is 0.00440 e. The van der Waals surface area contributed by atoms with Gasteiger partial charge in [0.15, 0.2) is 0 Å². The summed E-state index contributed by atoms with van der Waals surface area (Å²) in [5.74, 6) is 0.863. The Morgan fingerprint density at radius 2 is 1.89 bits per heavy atom. The van der Waals surface area contributed by atoms with Gasteiger partial charge >= 0.3 is 0 Å². The molecule has 1 heteroatoms. The van der Waals surface area contributed by atoms with Gasteiger partial charge in [-0.05, 0) is 25.0 Å². The summed E-state index contributed by atoms with van der Waals surface area (Å²) < 4.78 is 0. The van der Waals surface area contributed by atoms with Gasteiger partial charge in [-0.25, -0.2) is 0 Å². The minimum atomic E-state index is 0.863. The second kappa shape index (κ2) is 5.16. The molecule has 0 aromatic carbocycles. The third kappa shape index (κ3) is 4.83. The van der Waals surface area contributed by atoms with Crippen molar-refractivity contribution in [1.82, 2.24) is 0 Å². The Balaban J connectivity index is 3.31.